The second-order valence-electron chi connectivity index (χ2n) is 5.22. The second-order valence-corrected chi connectivity index (χ2v) is 6.13. The molecule has 25 heavy (non-hydrogen) atoms. The molecular weight excluding hydrogens is 390 g/mol. The lowest BCUT2D eigenvalue weighted by atomic mass is 10.0. The maximum Gasteiger partial charge on any atom is 0.301 e. The molecule has 0 spiro atoms. The van der Waals surface area contributed by atoms with Gasteiger partial charge < -0.3 is 14.6 Å². The van der Waals surface area contributed by atoms with Crippen molar-refractivity contribution in [2.45, 2.75) is 0 Å². The first kappa shape index (κ1) is 17.0. The van der Waals surface area contributed by atoms with Crippen molar-refractivity contribution in [3.8, 4) is 11.5 Å². The number of methoxy groups -OCH3 is 2. The third kappa shape index (κ3) is 2.87. The van der Waals surface area contributed by atoms with E-state index in [1.54, 1.807) is 42.5 Å². The molecule has 1 heterocycles. The normalized spacial score (nSPS) is 14.3. The van der Waals surface area contributed by atoms with Crippen molar-refractivity contribution in [2.75, 3.05) is 19.1 Å². The van der Waals surface area contributed by atoms with Crippen LogP contribution in [0.5, 0.6) is 11.5 Å². The average Bonchev–Trinajstić information content (AvgIpc) is 2.84. The van der Waals surface area contributed by atoms with Crippen molar-refractivity contribution in [1.82, 2.24) is 0 Å². The average molecular weight is 404 g/mol. The fraction of sp³-hybridized carbons (Fsp3) is 0.111. The first-order valence-electron chi connectivity index (χ1n) is 7.28. The molecule has 2 aromatic carbocycles. The van der Waals surface area contributed by atoms with Crippen LogP contribution in [0.3, 0.4) is 0 Å². The monoisotopic (exact) mass is 403 g/mol. The highest BCUT2D eigenvalue weighted by atomic mass is 79.9. The van der Waals surface area contributed by atoms with E-state index in [9.17, 15) is 14.7 Å². The summed E-state index contributed by atoms with van der Waals surface area (Å²) >= 11 is 3.30. The number of hydrogen-bond acceptors (Lipinski definition) is 5. The van der Waals surface area contributed by atoms with Crippen LogP contribution in [0.25, 0.3) is 5.57 Å². The standard InChI is InChI=1S/C18H14BrNO5/c1-24-13-8-3-10(9-14(13)25-2)15-16(21)18(23)20(17(15)22)12-6-4-11(19)5-7-12/h3-9,21H,1-2H3. The Morgan fingerprint density at radius 3 is 2.16 bits per heavy atom. The van der Waals surface area contributed by atoms with Crippen LogP contribution in [-0.4, -0.2) is 31.1 Å². The lowest BCUT2D eigenvalue weighted by molar-refractivity contribution is -0.121. The first-order chi connectivity index (χ1) is 12.0. The van der Waals surface area contributed by atoms with Crippen molar-refractivity contribution in [3.05, 3.63) is 58.3 Å². The predicted molar refractivity (Wildman–Crippen MR) is 95.7 cm³/mol. The van der Waals surface area contributed by atoms with Crippen LogP contribution in [-0.2, 0) is 9.59 Å². The van der Waals surface area contributed by atoms with Crippen LogP contribution in [0, 0.1) is 0 Å². The van der Waals surface area contributed by atoms with Crippen LogP contribution in [0.15, 0.2) is 52.7 Å². The first-order valence-corrected chi connectivity index (χ1v) is 8.07. The van der Waals surface area contributed by atoms with Crippen molar-refractivity contribution in [3.63, 3.8) is 0 Å². The molecule has 0 aromatic heterocycles. The van der Waals surface area contributed by atoms with Gasteiger partial charge in [-0.15, -0.1) is 0 Å². The largest absolute Gasteiger partial charge is 0.502 e. The van der Waals surface area contributed by atoms with Crippen LogP contribution in [0.1, 0.15) is 5.56 Å². The van der Waals surface area contributed by atoms with Crippen LogP contribution < -0.4 is 14.4 Å². The number of aliphatic hydroxyl groups excluding tert-OH is 1. The SMILES string of the molecule is COc1ccc(C2=C(O)C(=O)N(c3ccc(Br)cc3)C2=O)cc1OC. The third-order valence-electron chi connectivity index (χ3n) is 3.82. The quantitative estimate of drug-likeness (QED) is 0.792. The maximum atomic E-state index is 12.8. The Morgan fingerprint density at radius 2 is 1.56 bits per heavy atom. The second kappa shape index (κ2) is 6.60. The summed E-state index contributed by atoms with van der Waals surface area (Å²) in [6.07, 6.45) is 0. The van der Waals surface area contributed by atoms with Crippen LogP contribution >= 0.6 is 15.9 Å². The Labute approximate surface area is 152 Å². The molecular formula is C18H14BrNO5. The molecule has 0 unspecified atom stereocenters. The lowest BCUT2D eigenvalue weighted by Gasteiger charge is -2.15. The van der Waals surface area contributed by atoms with Crippen LogP contribution in [0.2, 0.25) is 0 Å². The number of hydrogen-bond donors (Lipinski definition) is 1. The van der Waals surface area contributed by atoms with Crippen molar-refractivity contribution >= 4 is 39.0 Å². The molecule has 1 aliphatic rings. The van der Waals surface area contributed by atoms with Gasteiger partial charge in [0.2, 0.25) is 0 Å². The van der Waals surface area contributed by atoms with Gasteiger partial charge >= 0.3 is 5.91 Å². The molecule has 7 heteroatoms. The van der Waals surface area contributed by atoms with E-state index in [1.807, 2.05) is 0 Å². The predicted octanol–water partition coefficient (Wildman–Crippen LogP) is 3.31. The Morgan fingerprint density at radius 1 is 0.920 bits per heavy atom. The topological polar surface area (TPSA) is 76.1 Å². The van der Waals surface area contributed by atoms with E-state index in [2.05, 4.69) is 15.9 Å². The number of benzene rings is 2. The highest BCUT2D eigenvalue weighted by Crippen LogP contribution is 2.36. The number of carbonyl (C=O) groups excluding carboxylic acids is 2. The summed E-state index contributed by atoms with van der Waals surface area (Å²) in [6.45, 7) is 0. The van der Waals surface area contributed by atoms with Gasteiger partial charge in [0, 0.05) is 4.47 Å². The number of nitrogens with zero attached hydrogens (tertiary/aromatic N) is 1. The van der Waals surface area contributed by atoms with E-state index >= 15 is 0 Å². The van der Waals surface area contributed by atoms with Crippen molar-refractivity contribution < 1.29 is 24.2 Å². The third-order valence-corrected chi connectivity index (χ3v) is 4.35. The number of ether oxygens (including phenoxy) is 2. The molecule has 0 bridgehead atoms. The summed E-state index contributed by atoms with van der Waals surface area (Å²) in [4.78, 5) is 26.1. The Balaban J connectivity index is 2.04. The molecule has 0 atom stereocenters. The van der Waals surface area contributed by atoms with E-state index in [0.717, 1.165) is 9.37 Å². The Bertz CT molecular complexity index is 889. The number of carbonyl (C=O) groups is 2. The zero-order valence-corrected chi connectivity index (χ0v) is 15.0. The van der Waals surface area contributed by atoms with E-state index in [-0.39, 0.29) is 5.57 Å². The highest BCUT2D eigenvalue weighted by Gasteiger charge is 2.40. The zero-order valence-electron chi connectivity index (χ0n) is 13.4. The summed E-state index contributed by atoms with van der Waals surface area (Å²) in [7, 11) is 2.96. The van der Waals surface area contributed by atoms with Crippen molar-refractivity contribution in [1.29, 1.82) is 0 Å². The minimum absolute atomic E-state index is 0.0751. The minimum atomic E-state index is -0.767. The molecule has 6 nitrogen and oxygen atoms in total. The molecule has 0 saturated carbocycles. The number of amides is 2. The van der Waals surface area contributed by atoms with E-state index in [1.165, 1.54) is 14.2 Å². The van der Waals surface area contributed by atoms with Gasteiger partial charge in [0.1, 0.15) is 0 Å². The zero-order chi connectivity index (χ0) is 18.1. The van der Waals surface area contributed by atoms with Gasteiger partial charge in [-0.3, -0.25) is 9.59 Å². The fourth-order valence-electron chi connectivity index (χ4n) is 2.59. The molecule has 3 rings (SSSR count). The molecule has 0 radical (unpaired) electrons. The van der Waals surface area contributed by atoms with E-state index < -0.39 is 17.6 Å². The molecule has 0 aliphatic carbocycles. The fourth-order valence-corrected chi connectivity index (χ4v) is 2.86. The van der Waals surface area contributed by atoms with Gasteiger partial charge in [-0.05, 0) is 42.0 Å². The van der Waals surface area contributed by atoms with Gasteiger partial charge in [-0.25, -0.2) is 4.90 Å². The summed E-state index contributed by atoms with van der Waals surface area (Å²) in [5.41, 5.74) is 0.669. The van der Waals surface area contributed by atoms with E-state index in [4.69, 9.17) is 9.47 Å². The van der Waals surface area contributed by atoms with E-state index in [0.29, 0.717) is 22.7 Å². The maximum absolute atomic E-state index is 12.8. The van der Waals surface area contributed by atoms with Gasteiger partial charge in [-0.2, -0.15) is 0 Å². The molecule has 128 valence electrons. The number of halogens is 1. The van der Waals surface area contributed by atoms with Crippen molar-refractivity contribution in [2.24, 2.45) is 0 Å². The highest BCUT2D eigenvalue weighted by molar-refractivity contribution is 9.10. The molecule has 1 N–H and O–H groups in total. The summed E-state index contributed by atoms with van der Waals surface area (Å²) in [6, 6.07) is 11.4. The van der Waals surface area contributed by atoms with Gasteiger partial charge in [0.25, 0.3) is 5.91 Å². The molecule has 2 aromatic rings. The lowest BCUT2D eigenvalue weighted by Crippen LogP contribution is -2.31. The molecule has 0 saturated heterocycles. The molecule has 0 fully saturated rings. The molecule has 2 amide bonds. The Kier molecular flexibility index (Phi) is 4.50. The van der Waals surface area contributed by atoms with Gasteiger partial charge in [-0.1, -0.05) is 22.0 Å². The number of anilines is 1. The van der Waals surface area contributed by atoms with Crippen LogP contribution in [0.4, 0.5) is 5.69 Å². The minimum Gasteiger partial charge on any atom is -0.502 e. The number of rotatable bonds is 4. The number of imide groups is 1. The summed E-state index contributed by atoms with van der Waals surface area (Å²) in [5.74, 6) is -1.09. The van der Waals surface area contributed by atoms with Gasteiger partial charge in [0.15, 0.2) is 17.3 Å². The van der Waals surface area contributed by atoms with Gasteiger partial charge in [0.05, 0.1) is 25.5 Å². The summed E-state index contributed by atoms with van der Waals surface area (Å²) < 4.78 is 11.2. The molecule has 1 aliphatic heterocycles. The summed E-state index contributed by atoms with van der Waals surface area (Å²) in [5, 5.41) is 10.2. The smallest absolute Gasteiger partial charge is 0.301 e. The number of aliphatic hydroxyl groups is 1. The Hall–Kier alpha value is -2.80.